The van der Waals surface area contributed by atoms with Crippen molar-refractivity contribution in [1.82, 2.24) is 4.90 Å². The van der Waals surface area contributed by atoms with Gasteiger partial charge in [0, 0.05) is 44.1 Å². The molecule has 28 heavy (non-hydrogen) atoms. The number of nitrogens with one attached hydrogen (secondary N) is 1. The lowest BCUT2D eigenvalue weighted by Crippen LogP contribution is -2.49. The van der Waals surface area contributed by atoms with Crippen LogP contribution in [0.2, 0.25) is 0 Å². The van der Waals surface area contributed by atoms with Gasteiger partial charge in [-0.15, -0.1) is 0 Å². The number of ether oxygens (including phenoxy) is 1. The molecule has 0 amide bonds. The fourth-order valence-electron chi connectivity index (χ4n) is 3.20. The Bertz CT molecular complexity index is 836. The zero-order chi connectivity index (χ0) is 20.0. The molecule has 152 valence electrons. The third kappa shape index (κ3) is 6.40. The molecule has 0 spiro atoms. The number of rotatable bonds is 8. The van der Waals surface area contributed by atoms with E-state index in [4.69, 9.17) is 4.74 Å². The van der Waals surface area contributed by atoms with Gasteiger partial charge >= 0.3 is 0 Å². The number of aliphatic hydroxyl groups is 1. The topological polar surface area (TPSA) is 82.1 Å². The number of piperazine rings is 1. The number of nitrogens with zero attached hydrogens (tertiary/aromatic N) is 2. The van der Waals surface area contributed by atoms with Gasteiger partial charge in [-0.2, -0.15) is 0 Å². The smallest absolute Gasteiger partial charge is 0.229 e. The molecular weight excluding hydrogens is 378 g/mol. The Hall–Kier alpha value is -2.29. The van der Waals surface area contributed by atoms with Crippen molar-refractivity contribution < 1.29 is 18.3 Å². The van der Waals surface area contributed by atoms with Crippen LogP contribution in [0.1, 0.15) is 0 Å². The first kappa shape index (κ1) is 20.4. The molecule has 0 bridgehead atoms. The monoisotopic (exact) mass is 405 g/mol. The average molecular weight is 406 g/mol. The molecule has 1 atom stereocenters. The van der Waals surface area contributed by atoms with E-state index in [1.165, 1.54) is 5.69 Å². The number of sulfonamides is 1. The van der Waals surface area contributed by atoms with Gasteiger partial charge in [0.25, 0.3) is 0 Å². The lowest BCUT2D eigenvalue weighted by atomic mass is 10.2. The van der Waals surface area contributed by atoms with Gasteiger partial charge in [0.2, 0.25) is 10.0 Å². The van der Waals surface area contributed by atoms with E-state index in [1.54, 1.807) is 24.3 Å². The minimum absolute atomic E-state index is 0.192. The lowest BCUT2D eigenvalue weighted by Gasteiger charge is -2.36. The third-order valence-electron chi connectivity index (χ3n) is 4.56. The fraction of sp³-hybridized carbons (Fsp3) is 0.400. The minimum atomic E-state index is -3.29. The molecule has 1 saturated heterocycles. The summed E-state index contributed by atoms with van der Waals surface area (Å²) >= 11 is 0. The van der Waals surface area contributed by atoms with Crippen molar-refractivity contribution in [2.45, 2.75) is 6.10 Å². The lowest BCUT2D eigenvalue weighted by molar-refractivity contribution is 0.0663. The molecule has 0 unspecified atom stereocenters. The number of para-hydroxylation sites is 1. The molecule has 2 aromatic rings. The number of hydrogen-bond acceptors (Lipinski definition) is 6. The Kier molecular flexibility index (Phi) is 6.77. The van der Waals surface area contributed by atoms with Crippen LogP contribution in [0.5, 0.6) is 5.75 Å². The highest BCUT2D eigenvalue weighted by Gasteiger charge is 2.19. The van der Waals surface area contributed by atoms with E-state index in [0.717, 1.165) is 32.4 Å². The van der Waals surface area contributed by atoms with Crippen LogP contribution >= 0.6 is 0 Å². The van der Waals surface area contributed by atoms with Crippen molar-refractivity contribution in [2.75, 3.05) is 55.2 Å². The largest absolute Gasteiger partial charge is 0.491 e. The van der Waals surface area contributed by atoms with Crippen LogP contribution in [0.25, 0.3) is 0 Å². The maximum absolute atomic E-state index is 11.2. The van der Waals surface area contributed by atoms with Gasteiger partial charge in [0.15, 0.2) is 0 Å². The summed E-state index contributed by atoms with van der Waals surface area (Å²) in [6.07, 6.45) is 0.519. The van der Waals surface area contributed by atoms with Crippen LogP contribution in [0.4, 0.5) is 11.4 Å². The Labute approximate surface area is 166 Å². The van der Waals surface area contributed by atoms with E-state index in [9.17, 15) is 13.5 Å². The van der Waals surface area contributed by atoms with E-state index in [0.29, 0.717) is 18.0 Å². The normalized spacial score (nSPS) is 16.6. The van der Waals surface area contributed by atoms with Crippen LogP contribution < -0.4 is 14.4 Å². The summed E-state index contributed by atoms with van der Waals surface area (Å²) in [5, 5.41) is 10.3. The van der Waals surface area contributed by atoms with Gasteiger partial charge < -0.3 is 14.7 Å². The van der Waals surface area contributed by atoms with Crippen molar-refractivity contribution in [3.63, 3.8) is 0 Å². The molecule has 0 aromatic heterocycles. The quantitative estimate of drug-likeness (QED) is 0.695. The summed E-state index contributed by atoms with van der Waals surface area (Å²) < 4.78 is 30.4. The summed E-state index contributed by atoms with van der Waals surface area (Å²) in [5.74, 6) is 0.590. The second kappa shape index (κ2) is 9.27. The Balaban J connectivity index is 1.39. The van der Waals surface area contributed by atoms with Crippen molar-refractivity contribution in [2.24, 2.45) is 0 Å². The molecule has 8 heteroatoms. The SMILES string of the molecule is CS(=O)(=O)Nc1ccc(OC[C@H](O)CN2CCN(c3ccccc3)CC2)cc1. The van der Waals surface area contributed by atoms with Crippen molar-refractivity contribution in [3.05, 3.63) is 54.6 Å². The fourth-order valence-corrected chi connectivity index (χ4v) is 3.77. The van der Waals surface area contributed by atoms with Gasteiger partial charge in [-0.05, 0) is 36.4 Å². The van der Waals surface area contributed by atoms with Crippen molar-refractivity contribution in [3.8, 4) is 5.75 Å². The zero-order valence-electron chi connectivity index (χ0n) is 16.0. The highest BCUT2D eigenvalue weighted by molar-refractivity contribution is 7.92. The number of anilines is 2. The van der Waals surface area contributed by atoms with E-state index >= 15 is 0 Å². The summed E-state index contributed by atoms with van der Waals surface area (Å²) in [4.78, 5) is 4.60. The Morgan fingerprint density at radius 1 is 1.04 bits per heavy atom. The van der Waals surface area contributed by atoms with Crippen LogP contribution in [-0.2, 0) is 10.0 Å². The Morgan fingerprint density at radius 3 is 2.29 bits per heavy atom. The second-order valence-corrected chi connectivity index (χ2v) is 8.74. The van der Waals surface area contributed by atoms with Crippen molar-refractivity contribution >= 4 is 21.4 Å². The average Bonchev–Trinajstić information content (AvgIpc) is 2.68. The highest BCUT2D eigenvalue weighted by Crippen LogP contribution is 2.18. The van der Waals surface area contributed by atoms with Gasteiger partial charge in [0.1, 0.15) is 18.5 Å². The summed E-state index contributed by atoms with van der Waals surface area (Å²) in [5.41, 5.74) is 1.71. The molecule has 0 aliphatic carbocycles. The predicted molar refractivity (Wildman–Crippen MR) is 112 cm³/mol. The maximum atomic E-state index is 11.2. The highest BCUT2D eigenvalue weighted by atomic mass is 32.2. The number of aliphatic hydroxyl groups excluding tert-OH is 1. The third-order valence-corrected chi connectivity index (χ3v) is 5.17. The van der Waals surface area contributed by atoms with Crippen molar-refractivity contribution in [1.29, 1.82) is 0 Å². The minimum Gasteiger partial charge on any atom is -0.491 e. The molecule has 0 saturated carbocycles. The first-order valence-corrected chi connectivity index (χ1v) is 11.2. The Morgan fingerprint density at radius 2 is 1.68 bits per heavy atom. The molecular formula is C20H27N3O4S. The maximum Gasteiger partial charge on any atom is 0.229 e. The summed E-state index contributed by atoms with van der Waals surface area (Å²) in [6.45, 7) is 4.43. The van der Waals surface area contributed by atoms with Crippen LogP contribution in [0, 0.1) is 0 Å². The van der Waals surface area contributed by atoms with Gasteiger partial charge in [-0.25, -0.2) is 8.42 Å². The standard InChI is InChI=1S/C20H27N3O4S/c1-28(25,26)21-17-7-9-20(10-8-17)27-16-19(24)15-22-11-13-23(14-12-22)18-5-3-2-4-6-18/h2-10,19,21,24H,11-16H2,1H3/t19-/m1/s1. The number of β-amino-alcohol motifs (C(OH)–C–C–N with tert-alkyl or cyclic N) is 1. The predicted octanol–water partition coefficient (Wildman–Crippen LogP) is 1.62. The van der Waals surface area contributed by atoms with E-state index in [1.807, 2.05) is 18.2 Å². The molecule has 1 aliphatic rings. The molecule has 1 heterocycles. The number of benzene rings is 2. The second-order valence-electron chi connectivity index (χ2n) is 6.99. The van der Waals surface area contributed by atoms with Crippen LogP contribution in [0.3, 0.4) is 0 Å². The molecule has 1 fully saturated rings. The van der Waals surface area contributed by atoms with Gasteiger partial charge in [0.05, 0.1) is 6.26 Å². The first-order chi connectivity index (χ1) is 13.4. The van der Waals surface area contributed by atoms with Gasteiger partial charge in [-0.1, -0.05) is 18.2 Å². The molecule has 7 nitrogen and oxygen atoms in total. The van der Waals surface area contributed by atoms with E-state index in [2.05, 4.69) is 26.7 Å². The zero-order valence-corrected chi connectivity index (χ0v) is 16.8. The van der Waals surface area contributed by atoms with E-state index < -0.39 is 16.1 Å². The van der Waals surface area contributed by atoms with E-state index in [-0.39, 0.29) is 6.61 Å². The number of hydrogen-bond donors (Lipinski definition) is 2. The summed E-state index contributed by atoms with van der Waals surface area (Å²) in [7, 11) is -3.29. The van der Waals surface area contributed by atoms with Crippen LogP contribution in [0.15, 0.2) is 54.6 Å². The molecule has 0 radical (unpaired) electrons. The molecule has 2 N–H and O–H groups in total. The van der Waals surface area contributed by atoms with Gasteiger partial charge in [-0.3, -0.25) is 9.62 Å². The summed E-state index contributed by atoms with van der Waals surface area (Å²) in [6, 6.07) is 17.0. The molecule has 3 rings (SSSR count). The first-order valence-electron chi connectivity index (χ1n) is 9.30. The molecule has 1 aliphatic heterocycles. The van der Waals surface area contributed by atoms with Crippen LogP contribution in [-0.4, -0.2) is 70.1 Å². The molecule has 2 aromatic carbocycles.